The smallest absolute Gasteiger partial charge is 0.206 e. The third-order valence-corrected chi connectivity index (χ3v) is 11.2. The number of hydrogen-bond donors (Lipinski definition) is 0. The fourth-order valence-electron chi connectivity index (χ4n) is 4.15. The van der Waals surface area contributed by atoms with Crippen LogP contribution < -0.4 is 4.74 Å². The molecular weight excluding hydrogens is 587 g/mol. The topological polar surface area (TPSA) is 77.5 Å². The molecular formula is C31H30Cl2O5S2. The van der Waals surface area contributed by atoms with E-state index in [0.717, 1.165) is 11.1 Å². The third-order valence-electron chi connectivity index (χ3n) is 6.92. The normalized spacial score (nSPS) is 13.9. The van der Waals surface area contributed by atoms with Crippen molar-refractivity contribution in [1.29, 1.82) is 0 Å². The largest absolute Gasteiger partial charge is 0.483 e. The van der Waals surface area contributed by atoms with Crippen LogP contribution in [-0.4, -0.2) is 16.8 Å². The van der Waals surface area contributed by atoms with Gasteiger partial charge in [-0.15, -0.1) is 11.6 Å². The molecule has 0 aliphatic carbocycles. The lowest BCUT2D eigenvalue weighted by atomic mass is 9.98. The van der Waals surface area contributed by atoms with E-state index in [0.29, 0.717) is 17.2 Å². The van der Waals surface area contributed by atoms with Crippen molar-refractivity contribution >= 4 is 42.9 Å². The Bertz CT molecular complexity index is 1690. The highest BCUT2D eigenvalue weighted by molar-refractivity contribution is 7.91. The van der Waals surface area contributed by atoms with E-state index in [-0.39, 0.29) is 19.6 Å². The molecule has 5 nitrogen and oxygen atoms in total. The Morgan fingerprint density at radius 2 is 0.950 bits per heavy atom. The van der Waals surface area contributed by atoms with Gasteiger partial charge in [0.2, 0.25) is 19.7 Å². The van der Waals surface area contributed by atoms with Crippen LogP contribution in [0.25, 0.3) is 0 Å². The summed E-state index contributed by atoms with van der Waals surface area (Å²) in [5.41, 5.74) is 0.779. The maximum atomic E-state index is 13.2. The highest BCUT2D eigenvalue weighted by Crippen LogP contribution is 2.34. The molecule has 0 N–H and O–H groups in total. The zero-order valence-corrected chi connectivity index (χ0v) is 25.7. The van der Waals surface area contributed by atoms with Crippen LogP contribution >= 0.6 is 23.2 Å². The van der Waals surface area contributed by atoms with Gasteiger partial charge in [-0.1, -0.05) is 42.8 Å². The standard InChI is InChI=1S/C31H30Cl2O5S2/c1-5-31(4,33)23-8-16-27(17-9-23)40(36,37)29-20-12-25(13-21-29)38-30(2,3)22-6-14-26(15-7-22)39(34,35)28-18-10-24(32)11-19-28/h6-21H,5H2,1-4H3. The molecule has 4 aromatic carbocycles. The number of benzene rings is 4. The lowest BCUT2D eigenvalue weighted by Crippen LogP contribution is -2.25. The van der Waals surface area contributed by atoms with E-state index in [1.54, 1.807) is 60.7 Å². The van der Waals surface area contributed by atoms with Gasteiger partial charge in [-0.25, -0.2) is 16.8 Å². The van der Waals surface area contributed by atoms with Crippen molar-refractivity contribution in [2.75, 3.05) is 0 Å². The van der Waals surface area contributed by atoms with Crippen LogP contribution in [0.4, 0.5) is 0 Å². The summed E-state index contributed by atoms with van der Waals surface area (Å²) >= 11 is 12.4. The van der Waals surface area contributed by atoms with Crippen LogP contribution in [0.3, 0.4) is 0 Å². The fourth-order valence-corrected chi connectivity index (χ4v) is 6.92. The van der Waals surface area contributed by atoms with Gasteiger partial charge in [0.05, 0.1) is 24.5 Å². The summed E-state index contributed by atoms with van der Waals surface area (Å²) in [6.45, 7) is 7.58. The molecule has 40 heavy (non-hydrogen) atoms. The van der Waals surface area contributed by atoms with E-state index >= 15 is 0 Å². The van der Waals surface area contributed by atoms with Crippen LogP contribution in [0.15, 0.2) is 117 Å². The average molecular weight is 618 g/mol. The lowest BCUT2D eigenvalue weighted by Gasteiger charge is -2.27. The molecule has 210 valence electrons. The molecule has 4 rings (SSSR count). The first-order valence-corrected chi connectivity index (χ1v) is 16.3. The molecule has 0 amide bonds. The molecule has 1 unspecified atom stereocenters. The summed E-state index contributed by atoms with van der Waals surface area (Å²) in [6, 6.07) is 25.4. The Hall–Kier alpha value is -2.84. The van der Waals surface area contributed by atoms with Gasteiger partial charge in [0, 0.05) is 5.02 Å². The average Bonchev–Trinajstić information content (AvgIpc) is 2.93. The Balaban J connectivity index is 1.50. The molecule has 0 spiro atoms. The second kappa shape index (κ2) is 11.2. The van der Waals surface area contributed by atoms with Crippen molar-refractivity contribution in [2.45, 2.75) is 64.2 Å². The van der Waals surface area contributed by atoms with Gasteiger partial charge in [-0.3, -0.25) is 0 Å². The first-order chi connectivity index (χ1) is 18.7. The first kappa shape index (κ1) is 30.1. The van der Waals surface area contributed by atoms with Crippen molar-refractivity contribution in [3.63, 3.8) is 0 Å². The summed E-state index contributed by atoms with van der Waals surface area (Å²) in [5.74, 6) is 0.470. The minimum Gasteiger partial charge on any atom is -0.483 e. The summed E-state index contributed by atoms with van der Waals surface area (Å²) in [5, 5.41) is 0.458. The summed E-state index contributed by atoms with van der Waals surface area (Å²) in [4.78, 5) is 0.0834. The lowest BCUT2D eigenvalue weighted by molar-refractivity contribution is 0.108. The Kier molecular flexibility index (Phi) is 8.44. The number of hydrogen-bond acceptors (Lipinski definition) is 5. The second-order valence-electron chi connectivity index (χ2n) is 10.1. The molecule has 9 heteroatoms. The molecule has 0 aromatic heterocycles. The number of sulfone groups is 2. The second-order valence-corrected chi connectivity index (χ2v) is 15.3. The van der Waals surface area contributed by atoms with Crippen LogP contribution in [0.5, 0.6) is 5.75 Å². The zero-order chi connectivity index (χ0) is 29.3. The van der Waals surface area contributed by atoms with E-state index in [2.05, 4.69) is 0 Å². The molecule has 1 atom stereocenters. The molecule has 0 aliphatic heterocycles. The van der Waals surface area contributed by atoms with Gasteiger partial charge in [0.15, 0.2) is 0 Å². The number of rotatable bonds is 9. The predicted molar refractivity (Wildman–Crippen MR) is 159 cm³/mol. The monoisotopic (exact) mass is 616 g/mol. The zero-order valence-electron chi connectivity index (χ0n) is 22.6. The maximum absolute atomic E-state index is 13.2. The summed E-state index contributed by atoms with van der Waals surface area (Å²) in [6.07, 6.45) is 0.713. The Labute approximate surface area is 246 Å². The van der Waals surface area contributed by atoms with E-state index in [1.807, 2.05) is 27.7 Å². The molecule has 0 radical (unpaired) electrons. The van der Waals surface area contributed by atoms with Gasteiger partial charge in [-0.05, 0) is 111 Å². The van der Waals surface area contributed by atoms with Crippen molar-refractivity contribution in [1.82, 2.24) is 0 Å². The highest BCUT2D eigenvalue weighted by Gasteiger charge is 2.26. The van der Waals surface area contributed by atoms with Crippen LogP contribution in [0, 0.1) is 0 Å². The number of alkyl halides is 1. The van der Waals surface area contributed by atoms with E-state index in [9.17, 15) is 16.8 Å². The van der Waals surface area contributed by atoms with Gasteiger partial charge in [0.1, 0.15) is 11.4 Å². The molecule has 0 saturated heterocycles. The molecule has 0 saturated carbocycles. The molecule has 0 heterocycles. The molecule has 0 aliphatic rings. The van der Waals surface area contributed by atoms with Crippen molar-refractivity contribution < 1.29 is 21.6 Å². The van der Waals surface area contributed by atoms with E-state index in [1.165, 1.54) is 36.4 Å². The highest BCUT2D eigenvalue weighted by atomic mass is 35.5. The van der Waals surface area contributed by atoms with E-state index < -0.39 is 30.1 Å². The summed E-state index contributed by atoms with van der Waals surface area (Å²) < 4.78 is 58.5. The fraction of sp³-hybridized carbons (Fsp3) is 0.226. The first-order valence-electron chi connectivity index (χ1n) is 12.6. The van der Waals surface area contributed by atoms with Gasteiger partial charge in [-0.2, -0.15) is 0 Å². The summed E-state index contributed by atoms with van der Waals surface area (Å²) in [7, 11) is -7.42. The molecule has 0 fully saturated rings. The van der Waals surface area contributed by atoms with Crippen molar-refractivity contribution in [2.24, 2.45) is 0 Å². The van der Waals surface area contributed by atoms with Crippen LogP contribution in [0.1, 0.15) is 45.2 Å². The van der Waals surface area contributed by atoms with Crippen molar-refractivity contribution in [3.05, 3.63) is 113 Å². The van der Waals surface area contributed by atoms with E-state index in [4.69, 9.17) is 27.9 Å². The third kappa shape index (κ3) is 6.23. The molecule has 0 bridgehead atoms. The minimum atomic E-state index is -3.73. The minimum absolute atomic E-state index is 0.145. The predicted octanol–water partition coefficient (Wildman–Crippen LogP) is 8.18. The van der Waals surface area contributed by atoms with Crippen molar-refractivity contribution in [3.8, 4) is 5.75 Å². The maximum Gasteiger partial charge on any atom is 0.206 e. The van der Waals surface area contributed by atoms with Crippen LogP contribution in [0.2, 0.25) is 5.02 Å². The Morgan fingerprint density at radius 1 is 0.600 bits per heavy atom. The van der Waals surface area contributed by atoms with Crippen LogP contribution in [-0.2, 0) is 30.1 Å². The SMILES string of the molecule is CCC(C)(Cl)c1ccc(S(=O)(=O)c2ccc(OC(C)(C)c3ccc(S(=O)(=O)c4ccc(Cl)cc4)cc3)cc2)cc1. The van der Waals surface area contributed by atoms with Gasteiger partial charge < -0.3 is 4.74 Å². The number of ether oxygens (including phenoxy) is 1. The number of halogens is 2. The van der Waals surface area contributed by atoms with Gasteiger partial charge >= 0.3 is 0 Å². The quantitative estimate of drug-likeness (QED) is 0.177. The molecule has 4 aromatic rings. The Morgan fingerprint density at radius 3 is 1.35 bits per heavy atom. The van der Waals surface area contributed by atoms with Gasteiger partial charge in [0.25, 0.3) is 0 Å².